The molecule has 2 atom stereocenters. The molecule has 1 aliphatic heterocycles. The lowest BCUT2D eigenvalue weighted by Gasteiger charge is -2.15. The van der Waals surface area contributed by atoms with Crippen molar-refractivity contribution in [2.24, 2.45) is 0 Å². The van der Waals surface area contributed by atoms with Crippen molar-refractivity contribution in [2.75, 3.05) is 6.61 Å². The maximum atomic E-state index is 13.6. The number of benzene rings is 1. The zero-order valence-electron chi connectivity index (χ0n) is 10.5. The van der Waals surface area contributed by atoms with Crippen molar-refractivity contribution < 1.29 is 18.6 Å². The SMILES string of the molecule is Cc1cc(F)c(C(O)CCC2CCCO2)cc1F. The molecule has 0 saturated carbocycles. The minimum Gasteiger partial charge on any atom is -0.388 e. The van der Waals surface area contributed by atoms with Gasteiger partial charge in [0.15, 0.2) is 0 Å². The summed E-state index contributed by atoms with van der Waals surface area (Å²) in [5.41, 5.74) is 0.290. The van der Waals surface area contributed by atoms with E-state index in [4.69, 9.17) is 4.74 Å². The highest BCUT2D eigenvalue weighted by molar-refractivity contribution is 5.26. The highest BCUT2D eigenvalue weighted by Gasteiger charge is 2.20. The van der Waals surface area contributed by atoms with Crippen molar-refractivity contribution in [1.82, 2.24) is 0 Å². The van der Waals surface area contributed by atoms with Crippen LogP contribution >= 0.6 is 0 Å². The first kappa shape index (κ1) is 13.4. The number of aliphatic hydroxyl groups is 1. The minimum absolute atomic E-state index is 0.0381. The van der Waals surface area contributed by atoms with Gasteiger partial charge in [0.25, 0.3) is 0 Å². The van der Waals surface area contributed by atoms with Crippen LogP contribution in [0.5, 0.6) is 0 Å². The molecule has 1 N–H and O–H groups in total. The number of halogens is 2. The van der Waals surface area contributed by atoms with Crippen LogP contribution in [0.3, 0.4) is 0 Å². The van der Waals surface area contributed by atoms with Crippen LogP contribution in [-0.4, -0.2) is 17.8 Å². The average Bonchev–Trinajstić information content (AvgIpc) is 2.84. The molecule has 4 heteroatoms. The zero-order valence-corrected chi connectivity index (χ0v) is 10.5. The summed E-state index contributed by atoms with van der Waals surface area (Å²) in [5, 5.41) is 9.91. The molecule has 0 radical (unpaired) electrons. The van der Waals surface area contributed by atoms with Crippen LogP contribution in [-0.2, 0) is 4.74 Å². The monoisotopic (exact) mass is 256 g/mol. The van der Waals surface area contributed by atoms with E-state index in [1.165, 1.54) is 6.92 Å². The van der Waals surface area contributed by atoms with Gasteiger partial charge in [-0.3, -0.25) is 0 Å². The van der Waals surface area contributed by atoms with Gasteiger partial charge in [0.05, 0.1) is 12.2 Å². The lowest BCUT2D eigenvalue weighted by molar-refractivity contribution is 0.0802. The van der Waals surface area contributed by atoms with Gasteiger partial charge in [-0.15, -0.1) is 0 Å². The molecular weight excluding hydrogens is 238 g/mol. The predicted octanol–water partition coefficient (Wildman–Crippen LogP) is 3.27. The summed E-state index contributed by atoms with van der Waals surface area (Å²) < 4.78 is 32.4. The standard InChI is InChI=1S/C14H18F2O2/c1-9-7-13(16)11(8-12(9)15)14(17)5-4-10-3-2-6-18-10/h7-8,10,14,17H,2-6H2,1H3. The number of hydrogen-bond acceptors (Lipinski definition) is 2. The van der Waals surface area contributed by atoms with Crippen molar-refractivity contribution in [3.63, 3.8) is 0 Å². The highest BCUT2D eigenvalue weighted by atomic mass is 19.1. The third-order valence-corrected chi connectivity index (χ3v) is 3.42. The lowest BCUT2D eigenvalue weighted by Crippen LogP contribution is -2.09. The van der Waals surface area contributed by atoms with Crippen LogP contribution in [0.2, 0.25) is 0 Å². The van der Waals surface area contributed by atoms with Crippen LogP contribution in [0, 0.1) is 18.6 Å². The van der Waals surface area contributed by atoms with Gasteiger partial charge in [-0.25, -0.2) is 8.78 Å². The third kappa shape index (κ3) is 3.06. The molecule has 1 aromatic rings. The van der Waals surface area contributed by atoms with E-state index in [9.17, 15) is 13.9 Å². The number of aryl methyl sites for hydroxylation is 1. The van der Waals surface area contributed by atoms with Gasteiger partial charge < -0.3 is 9.84 Å². The molecule has 0 aliphatic carbocycles. The fourth-order valence-electron chi connectivity index (χ4n) is 2.29. The molecule has 0 amide bonds. The van der Waals surface area contributed by atoms with E-state index in [0.29, 0.717) is 12.8 Å². The Balaban J connectivity index is 1.99. The maximum absolute atomic E-state index is 13.6. The average molecular weight is 256 g/mol. The smallest absolute Gasteiger partial charge is 0.129 e. The molecule has 100 valence electrons. The quantitative estimate of drug-likeness (QED) is 0.896. The fraction of sp³-hybridized carbons (Fsp3) is 0.571. The lowest BCUT2D eigenvalue weighted by atomic mass is 10.00. The molecular formula is C14H18F2O2. The summed E-state index contributed by atoms with van der Waals surface area (Å²) in [6, 6.07) is 2.21. The molecule has 2 unspecified atom stereocenters. The van der Waals surface area contributed by atoms with Crippen molar-refractivity contribution in [2.45, 2.75) is 44.8 Å². The van der Waals surface area contributed by atoms with Crippen LogP contribution in [0.25, 0.3) is 0 Å². The second-order valence-corrected chi connectivity index (χ2v) is 4.85. The molecule has 1 aromatic carbocycles. The van der Waals surface area contributed by atoms with Gasteiger partial charge in [0.1, 0.15) is 11.6 Å². The Labute approximate surface area is 106 Å². The molecule has 18 heavy (non-hydrogen) atoms. The molecule has 1 heterocycles. The molecule has 1 aliphatic rings. The normalized spacial score (nSPS) is 21.2. The van der Waals surface area contributed by atoms with E-state index < -0.39 is 17.7 Å². The largest absolute Gasteiger partial charge is 0.388 e. The molecule has 0 bridgehead atoms. The molecule has 1 fully saturated rings. The van der Waals surface area contributed by atoms with Gasteiger partial charge in [0.2, 0.25) is 0 Å². The van der Waals surface area contributed by atoms with E-state index >= 15 is 0 Å². The second kappa shape index (κ2) is 5.76. The van der Waals surface area contributed by atoms with Gasteiger partial charge in [-0.1, -0.05) is 0 Å². The Morgan fingerprint density at radius 3 is 2.83 bits per heavy atom. The van der Waals surface area contributed by atoms with Crippen molar-refractivity contribution in [1.29, 1.82) is 0 Å². The Morgan fingerprint density at radius 2 is 2.17 bits per heavy atom. The first-order valence-electron chi connectivity index (χ1n) is 6.33. The van der Waals surface area contributed by atoms with Crippen LogP contribution < -0.4 is 0 Å². The number of rotatable bonds is 4. The molecule has 0 aromatic heterocycles. The summed E-state index contributed by atoms with van der Waals surface area (Å²) in [5.74, 6) is -1.03. The predicted molar refractivity (Wildman–Crippen MR) is 64.3 cm³/mol. The number of aliphatic hydroxyl groups excluding tert-OH is 1. The van der Waals surface area contributed by atoms with Gasteiger partial charge in [-0.05, 0) is 50.3 Å². The topological polar surface area (TPSA) is 29.5 Å². The highest BCUT2D eigenvalue weighted by Crippen LogP contribution is 2.27. The zero-order chi connectivity index (χ0) is 13.1. The molecule has 0 spiro atoms. The molecule has 1 saturated heterocycles. The van der Waals surface area contributed by atoms with E-state index in [0.717, 1.165) is 31.6 Å². The summed E-state index contributed by atoms with van der Waals surface area (Å²) in [4.78, 5) is 0. The summed E-state index contributed by atoms with van der Waals surface area (Å²) >= 11 is 0. The number of hydrogen-bond donors (Lipinski definition) is 1. The Bertz CT molecular complexity index is 415. The molecule has 2 nitrogen and oxygen atoms in total. The van der Waals surface area contributed by atoms with E-state index in [2.05, 4.69) is 0 Å². The van der Waals surface area contributed by atoms with Gasteiger partial charge in [-0.2, -0.15) is 0 Å². The second-order valence-electron chi connectivity index (χ2n) is 4.85. The van der Waals surface area contributed by atoms with Crippen molar-refractivity contribution in [3.8, 4) is 0 Å². The van der Waals surface area contributed by atoms with E-state index in [1.54, 1.807) is 0 Å². The van der Waals surface area contributed by atoms with Crippen LogP contribution in [0.15, 0.2) is 12.1 Å². The summed E-state index contributed by atoms with van der Waals surface area (Å²) in [6.45, 7) is 2.26. The van der Waals surface area contributed by atoms with Crippen LogP contribution in [0.4, 0.5) is 8.78 Å². The van der Waals surface area contributed by atoms with Crippen molar-refractivity contribution in [3.05, 3.63) is 34.9 Å². The fourth-order valence-corrected chi connectivity index (χ4v) is 2.29. The third-order valence-electron chi connectivity index (χ3n) is 3.42. The minimum atomic E-state index is -0.968. The van der Waals surface area contributed by atoms with Crippen molar-refractivity contribution >= 4 is 0 Å². The van der Waals surface area contributed by atoms with Gasteiger partial charge >= 0.3 is 0 Å². The Hall–Kier alpha value is -1.00. The number of ether oxygens (including phenoxy) is 1. The molecule has 2 rings (SSSR count). The summed E-state index contributed by atoms with van der Waals surface area (Å²) in [7, 11) is 0. The summed E-state index contributed by atoms with van der Waals surface area (Å²) in [6.07, 6.45) is 2.27. The van der Waals surface area contributed by atoms with E-state index in [1.807, 2.05) is 0 Å². The first-order chi connectivity index (χ1) is 8.58. The Morgan fingerprint density at radius 1 is 1.39 bits per heavy atom. The Kier molecular flexibility index (Phi) is 4.30. The van der Waals surface area contributed by atoms with Crippen LogP contribution in [0.1, 0.15) is 42.9 Å². The van der Waals surface area contributed by atoms with Gasteiger partial charge in [0, 0.05) is 12.2 Å². The maximum Gasteiger partial charge on any atom is 0.129 e. The van der Waals surface area contributed by atoms with E-state index in [-0.39, 0.29) is 17.2 Å². The first-order valence-corrected chi connectivity index (χ1v) is 6.33.